The predicted molar refractivity (Wildman–Crippen MR) is 170 cm³/mol. The molecule has 0 aliphatic carbocycles. The lowest BCUT2D eigenvalue weighted by atomic mass is 9.82. The summed E-state index contributed by atoms with van der Waals surface area (Å²) in [5.41, 5.74) is 1.35. The Morgan fingerprint density at radius 2 is 1.77 bits per heavy atom. The van der Waals surface area contributed by atoms with E-state index >= 15 is 0 Å². The highest BCUT2D eigenvalue weighted by Gasteiger charge is 2.66. The second-order valence-corrected chi connectivity index (χ2v) is 16.4. The molecule has 11 heteroatoms. The summed E-state index contributed by atoms with van der Waals surface area (Å²) >= 11 is 0. The Balaban J connectivity index is 1.39. The Kier molecular flexibility index (Phi) is 7.61. The first-order chi connectivity index (χ1) is 21.0. The summed E-state index contributed by atoms with van der Waals surface area (Å²) < 4.78 is 8.23. The molecule has 2 aliphatic rings. The number of anilines is 1. The number of carbonyl (C=O) groups excluding carboxylic acids is 2. The molecular formula is C33H38N4O6Si. The minimum Gasteiger partial charge on any atom is -0.432 e. The van der Waals surface area contributed by atoms with Crippen LogP contribution in [0.3, 0.4) is 0 Å². The van der Waals surface area contributed by atoms with Crippen molar-refractivity contribution in [3.05, 3.63) is 94.3 Å². The van der Waals surface area contributed by atoms with Crippen LogP contribution >= 0.6 is 0 Å². The zero-order valence-electron chi connectivity index (χ0n) is 25.4. The highest BCUT2D eigenvalue weighted by Crippen LogP contribution is 2.59. The number of para-hydroxylation sites is 1. The van der Waals surface area contributed by atoms with E-state index < -0.39 is 31.5 Å². The van der Waals surface area contributed by atoms with Crippen LogP contribution in [0.4, 0.5) is 5.69 Å². The number of fused-ring (bicyclic) bond motifs is 3. The zero-order chi connectivity index (χ0) is 31.4. The molecule has 3 aromatic carbocycles. The molecular weight excluding hydrogens is 576 g/mol. The molecule has 3 heterocycles. The van der Waals surface area contributed by atoms with Gasteiger partial charge in [-0.15, -0.1) is 0 Å². The first kappa shape index (κ1) is 30.0. The van der Waals surface area contributed by atoms with Crippen molar-refractivity contribution in [1.82, 2.24) is 14.7 Å². The van der Waals surface area contributed by atoms with E-state index in [0.29, 0.717) is 34.4 Å². The summed E-state index contributed by atoms with van der Waals surface area (Å²) in [6.07, 6.45) is -0.780. The minimum absolute atomic E-state index is 0.0475. The fraction of sp³-hybridized carbons (Fsp3) is 0.364. The van der Waals surface area contributed by atoms with Crippen molar-refractivity contribution in [2.75, 3.05) is 25.1 Å². The maximum absolute atomic E-state index is 14.2. The molecule has 44 heavy (non-hydrogen) atoms. The third-order valence-corrected chi connectivity index (χ3v) is 11.8. The second kappa shape index (κ2) is 11.2. The molecule has 3 N–H and O–H groups in total. The standard InChI is InChI=1S/C33H38N4O6Si/c1-21-30(44(3,4)42)28(19-29(39)36(16-17-38)20-22-10-6-5-7-11-22)43-33(21)25-18-23(14-15-27(25)35(2)32(33)41)37-31(40)24-12-8-9-13-26(24)34-37/h5-15,18,21,28,30,34,38,42H,16-17,19-20H2,1-4H3/t21-,28+,30-,33+/m1/s1. The largest absolute Gasteiger partial charge is 0.432 e. The predicted octanol–water partition coefficient (Wildman–Crippen LogP) is 3.50. The maximum atomic E-state index is 14.2. The number of aliphatic hydroxyl groups is 1. The highest BCUT2D eigenvalue weighted by atomic mass is 28.4. The fourth-order valence-corrected chi connectivity index (χ4v) is 9.82. The summed E-state index contributed by atoms with van der Waals surface area (Å²) in [5.74, 6) is -0.952. The number of rotatable bonds is 8. The Labute approximate surface area is 256 Å². The number of hydrogen-bond donors (Lipinski definition) is 3. The SMILES string of the molecule is C[C@@H]1[C@@H]([Si](C)(C)O)[C@H](CC(=O)N(CCO)Cc2ccccc2)O[C@@]12C(=O)N(C)c1ccc(-n3[nH]c4ccccc4c3=O)cc12. The molecule has 2 amide bonds. The molecule has 0 bridgehead atoms. The van der Waals surface area contributed by atoms with Crippen LogP contribution in [-0.2, 0) is 26.5 Å². The van der Waals surface area contributed by atoms with Crippen molar-refractivity contribution >= 4 is 36.7 Å². The van der Waals surface area contributed by atoms with E-state index in [4.69, 9.17) is 4.74 Å². The van der Waals surface area contributed by atoms with Gasteiger partial charge in [0.25, 0.3) is 11.5 Å². The number of nitrogens with zero attached hydrogens (tertiary/aromatic N) is 3. The number of H-pyrrole nitrogens is 1. The van der Waals surface area contributed by atoms with Crippen molar-refractivity contribution in [3.63, 3.8) is 0 Å². The number of ether oxygens (including phenoxy) is 1. The van der Waals surface area contributed by atoms with Crippen molar-refractivity contribution in [3.8, 4) is 5.69 Å². The van der Waals surface area contributed by atoms with Gasteiger partial charge in [0.1, 0.15) is 0 Å². The first-order valence-electron chi connectivity index (χ1n) is 14.9. The second-order valence-electron chi connectivity index (χ2n) is 12.5. The van der Waals surface area contributed by atoms with Gasteiger partial charge >= 0.3 is 0 Å². The highest BCUT2D eigenvalue weighted by molar-refractivity contribution is 6.71. The van der Waals surface area contributed by atoms with Gasteiger partial charge in [-0.25, -0.2) is 4.68 Å². The fourth-order valence-electron chi connectivity index (χ4n) is 7.27. The lowest BCUT2D eigenvalue weighted by Gasteiger charge is -2.32. The van der Waals surface area contributed by atoms with Gasteiger partial charge in [-0.1, -0.05) is 49.4 Å². The third-order valence-electron chi connectivity index (χ3n) is 9.26. The molecule has 4 aromatic rings. The van der Waals surface area contributed by atoms with Gasteiger partial charge in [0.2, 0.25) is 5.91 Å². The van der Waals surface area contributed by atoms with Crippen LogP contribution in [0.2, 0.25) is 18.6 Å². The van der Waals surface area contributed by atoms with E-state index in [-0.39, 0.29) is 36.9 Å². The number of aliphatic hydroxyl groups excluding tert-OH is 1. The van der Waals surface area contributed by atoms with Crippen LogP contribution in [0.5, 0.6) is 0 Å². The number of benzene rings is 3. The van der Waals surface area contributed by atoms with Gasteiger partial charge in [-0.3, -0.25) is 19.5 Å². The van der Waals surface area contributed by atoms with Gasteiger partial charge in [0.05, 0.1) is 41.4 Å². The molecule has 1 saturated heterocycles. The van der Waals surface area contributed by atoms with E-state index in [1.165, 1.54) is 4.68 Å². The van der Waals surface area contributed by atoms with Crippen LogP contribution in [0, 0.1) is 5.92 Å². The van der Waals surface area contributed by atoms with Crippen molar-refractivity contribution in [2.24, 2.45) is 5.92 Å². The molecule has 0 radical (unpaired) electrons. The molecule has 1 fully saturated rings. The minimum atomic E-state index is -3.00. The van der Waals surface area contributed by atoms with E-state index in [0.717, 1.165) is 5.56 Å². The summed E-state index contributed by atoms with van der Waals surface area (Å²) in [6.45, 7) is 5.82. The smallest absolute Gasteiger partial charge is 0.279 e. The average molecular weight is 615 g/mol. The lowest BCUT2D eigenvalue weighted by Crippen LogP contribution is -2.45. The van der Waals surface area contributed by atoms with Crippen LogP contribution < -0.4 is 10.5 Å². The molecule has 6 rings (SSSR count). The molecule has 1 spiro atoms. The molecule has 4 atom stereocenters. The number of likely N-dealkylation sites (N-methyl/N-ethyl adjacent to an activating group) is 1. The average Bonchev–Trinajstić information content (AvgIpc) is 3.57. The number of aromatic nitrogens is 2. The van der Waals surface area contributed by atoms with E-state index in [2.05, 4.69) is 5.10 Å². The molecule has 10 nitrogen and oxygen atoms in total. The van der Waals surface area contributed by atoms with Crippen LogP contribution in [0.15, 0.2) is 77.6 Å². The Morgan fingerprint density at radius 1 is 1.07 bits per heavy atom. The van der Waals surface area contributed by atoms with Crippen molar-refractivity contribution in [1.29, 1.82) is 0 Å². The van der Waals surface area contributed by atoms with Crippen LogP contribution in [0.25, 0.3) is 16.6 Å². The number of nitrogens with one attached hydrogen (secondary N) is 1. The third kappa shape index (κ3) is 4.80. The summed E-state index contributed by atoms with van der Waals surface area (Å²) in [4.78, 5) is 55.9. The van der Waals surface area contributed by atoms with Gasteiger partial charge in [-0.2, -0.15) is 0 Å². The number of carbonyl (C=O) groups is 2. The Hall–Kier alpha value is -4.03. The van der Waals surface area contributed by atoms with E-state index in [1.807, 2.05) is 80.7 Å². The van der Waals surface area contributed by atoms with Gasteiger partial charge in [0, 0.05) is 37.2 Å². The van der Waals surface area contributed by atoms with Gasteiger partial charge < -0.3 is 24.4 Å². The quantitative estimate of drug-likeness (QED) is 0.261. The van der Waals surface area contributed by atoms with Gasteiger partial charge in [0.15, 0.2) is 13.9 Å². The Morgan fingerprint density at radius 3 is 2.45 bits per heavy atom. The molecule has 2 aliphatic heterocycles. The van der Waals surface area contributed by atoms with Crippen LogP contribution in [0.1, 0.15) is 24.5 Å². The summed E-state index contributed by atoms with van der Waals surface area (Å²) in [5, 5.41) is 13.4. The summed E-state index contributed by atoms with van der Waals surface area (Å²) in [6, 6.07) is 22.2. The number of amides is 2. The van der Waals surface area contributed by atoms with Crippen LogP contribution in [-0.4, -0.2) is 71.0 Å². The summed E-state index contributed by atoms with van der Waals surface area (Å²) in [7, 11) is -1.30. The number of aromatic amines is 1. The molecule has 0 unspecified atom stereocenters. The molecule has 230 valence electrons. The number of hydrogen-bond acceptors (Lipinski definition) is 6. The molecule has 0 saturated carbocycles. The van der Waals surface area contributed by atoms with Crippen molar-refractivity contribution in [2.45, 2.75) is 50.2 Å². The van der Waals surface area contributed by atoms with Gasteiger partial charge in [-0.05, 0) is 49.0 Å². The monoisotopic (exact) mass is 614 g/mol. The zero-order valence-corrected chi connectivity index (χ0v) is 26.4. The lowest BCUT2D eigenvalue weighted by molar-refractivity contribution is -0.149. The van der Waals surface area contributed by atoms with Crippen molar-refractivity contribution < 1.29 is 24.2 Å². The maximum Gasteiger partial charge on any atom is 0.279 e. The topological polar surface area (TPSA) is 128 Å². The molecule has 1 aromatic heterocycles. The normalized spacial score (nSPS) is 23.1. The van der Waals surface area contributed by atoms with E-state index in [9.17, 15) is 24.3 Å². The Bertz CT molecular complexity index is 1780. The first-order valence-corrected chi connectivity index (χ1v) is 18.0. The van der Waals surface area contributed by atoms with E-state index in [1.54, 1.807) is 29.0 Å².